The second-order valence-electron chi connectivity index (χ2n) is 10.6. The summed E-state index contributed by atoms with van der Waals surface area (Å²) in [6.45, 7) is 9.18. The molecule has 9 nitrogen and oxygen atoms in total. The van der Waals surface area contributed by atoms with E-state index < -0.39 is 5.60 Å². The number of nitrogens with zero attached hydrogens (tertiary/aromatic N) is 6. The topological polar surface area (TPSA) is 120 Å². The minimum absolute atomic E-state index is 0.0248. The lowest BCUT2D eigenvalue weighted by atomic mass is 9.90. The van der Waals surface area contributed by atoms with Crippen LogP contribution >= 0.6 is 0 Å². The van der Waals surface area contributed by atoms with E-state index in [1.807, 2.05) is 52.0 Å². The van der Waals surface area contributed by atoms with E-state index >= 15 is 0 Å². The molecule has 0 aliphatic carbocycles. The first-order valence-electron chi connectivity index (χ1n) is 12.8. The van der Waals surface area contributed by atoms with Crippen LogP contribution in [0.15, 0.2) is 55.0 Å². The summed E-state index contributed by atoms with van der Waals surface area (Å²) < 4.78 is 1.73. The van der Waals surface area contributed by atoms with Gasteiger partial charge in [-0.1, -0.05) is 19.9 Å². The van der Waals surface area contributed by atoms with Gasteiger partial charge in [-0.05, 0) is 62.1 Å². The summed E-state index contributed by atoms with van der Waals surface area (Å²) in [5.41, 5.74) is 2.40. The highest BCUT2D eigenvalue weighted by Crippen LogP contribution is 2.31. The lowest BCUT2D eigenvalue weighted by molar-refractivity contribution is 0.0263. The zero-order valence-corrected chi connectivity index (χ0v) is 22.0. The van der Waals surface area contributed by atoms with Gasteiger partial charge in [0, 0.05) is 41.7 Å². The number of rotatable bonds is 6. The number of nitriles is 1. The van der Waals surface area contributed by atoms with Gasteiger partial charge in [-0.2, -0.15) is 10.4 Å². The average molecular weight is 510 g/mol. The highest BCUT2D eigenvalue weighted by Gasteiger charge is 2.34. The van der Waals surface area contributed by atoms with E-state index in [9.17, 15) is 15.2 Å². The Morgan fingerprint density at radius 2 is 1.97 bits per heavy atom. The Hall–Kier alpha value is -4.29. The Kier molecular flexibility index (Phi) is 6.59. The Balaban J connectivity index is 1.43. The lowest BCUT2D eigenvalue weighted by Crippen LogP contribution is -2.33. The molecule has 5 rings (SSSR count). The molecule has 38 heavy (non-hydrogen) atoms. The zero-order valence-electron chi connectivity index (χ0n) is 22.0. The summed E-state index contributed by atoms with van der Waals surface area (Å²) in [5.74, 6) is 1.33. The fraction of sp³-hybridized carbons (Fsp3) is 0.345. The highest BCUT2D eigenvalue weighted by atomic mass is 16.3. The molecule has 0 radical (unpaired) electrons. The van der Waals surface area contributed by atoms with Crippen LogP contribution in [0.5, 0.6) is 0 Å². The monoisotopic (exact) mass is 509 g/mol. The molecule has 1 amide bonds. The van der Waals surface area contributed by atoms with Crippen LogP contribution < -0.4 is 10.2 Å². The first kappa shape index (κ1) is 25.4. The van der Waals surface area contributed by atoms with Gasteiger partial charge in [0.05, 0.1) is 28.9 Å². The Morgan fingerprint density at radius 3 is 2.68 bits per heavy atom. The third-order valence-corrected chi connectivity index (χ3v) is 7.24. The molecule has 0 spiro atoms. The van der Waals surface area contributed by atoms with Crippen molar-refractivity contribution in [2.24, 2.45) is 5.92 Å². The summed E-state index contributed by atoms with van der Waals surface area (Å²) in [6.07, 6.45) is 4.18. The van der Waals surface area contributed by atoms with Crippen molar-refractivity contribution in [2.45, 2.75) is 45.6 Å². The van der Waals surface area contributed by atoms with Crippen molar-refractivity contribution in [3.8, 4) is 11.9 Å². The van der Waals surface area contributed by atoms with Crippen molar-refractivity contribution < 1.29 is 9.90 Å². The van der Waals surface area contributed by atoms with E-state index in [2.05, 4.69) is 31.4 Å². The lowest BCUT2D eigenvalue weighted by Gasteiger charge is -2.25. The summed E-state index contributed by atoms with van der Waals surface area (Å²) in [7, 11) is 0. The van der Waals surface area contributed by atoms with Crippen LogP contribution in [0.3, 0.4) is 0 Å². The third kappa shape index (κ3) is 4.83. The molecule has 9 heteroatoms. The first-order chi connectivity index (χ1) is 18.2. The van der Waals surface area contributed by atoms with Crippen LogP contribution in [-0.4, -0.2) is 49.5 Å². The summed E-state index contributed by atoms with van der Waals surface area (Å²) in [5, 5.41) is 28.4. The van der Waals surface area contributed by atoms with Crippen molar-refractivity contribution in [2.75, 3.05) is 23.3 Å². The number of benzene rings is 2. The fourth-order valence-electron chi connectivity index (χ4n) is 5.13. The van der Waals surface area contributed by atoms with Crippen molar-refractivity contribution in [1.29, 1.82) is 5.26 Å². The molecular formula is C29H31N7O2. The Morgan fingerprint density at radius 1 is 1.18 bits per heavy atom. The number of hydrogen-bond acceptors (Lipinski definition) is 7. The molecule has 194 valence electrons. The number of fused-ring (bicyclic) bond motifs is 1. The van der Waals surface area contributed by atoms with Gasteiger partial charge < -0.3 is 15.3 Å². The number of amides is 1. The number of hydrogen-bond donors (Lipinski definition) is 2. The van der Waals surface area contributed by atoms with Gasteiger partial charge in [0.2, 0.25) is 0 Å². The molecule has 0 saturated carbocycles. The molecule has 3 heterocycles. The van der Waals surface area contributed by atoms with E-state index in [1.54, 1.807) is 29.1 Å². The minimum atomic E-state index is -0.741. The number of anilines is 2. The molecule has 0 bridgehead atoms. The van der Waals surface area contributed by atoms with Gasteiger partial charge in [0.25, 0.3) is 5.91 Å². The fourth-order valence-corrected chi connectivity index (χ4v) is 5.13. The number of carbonyl (C=O) groups excluding carboxylic acids is 1. The van der Waals surface area contributed by atoms with E-state index in [0.717, 1.165) is 41.8 Å². The molecule has 1 aliphatic heterocycles. The van der Waals surface area contributed by atoms with Crippen LogP contribution in [0.1, 0.15) is 61.5 Å². The maximum Gasteiger partial charge on any atom is 0.255 e. The molecule has 2 aromatic heterocycles. The van der Waals surface area contributed by atoms with E-state index in [4.69, 9.17) is 0 Å². The molecule has 2 aromatic carbocycles. The average Bonchev–Trinajstić information content (AvgIpc) is 3.56. The second kappa shape index (κ2) is 9.88. The summed E-state index contributed by atoms with van der Waals surface area (Å²) >= 11 is 0. The van der Waals surface area contributed by atoms with Gasteiger partial charge >= 0.3 is 0 Å². The van der Waals surface area contributed by atoms with Crippen LogP contribution in [0.2, 0.25) is 0 Å². The molecule has 1 saturated heterocycles. The van der Waals surface area contributed by atoms with Gasteiger partial charge in [-0.3, -0.25) is 4.79 Å². The van der Waals surface area contributed by atoms with Crippen LogP contribution in [0, 0.1) is 17.2 Å². The van der Waals surface area contributed by atoms with Gasteiger partial charge in [-0.15, -0.1) is 0 Å². The third-order valence-electron chi connectivity index (χ3n) is 7.24. The van der Waals surface area contributed by atoms with Crippen molar-refractivity contribution >= 4 is 28.3 Å². The largest absolute Gasteiger partial charge is 0.390 e. The van der Waals surface area contributed by atoms with Gasteiger partial charge in [0.15, 0.2) is 5.82 Å². The Labute approximate surface area is 221 Å². The quantitative estimate of drug-likeness (QED) is 0.388. The predicted octanol–water partition coefficient (Wildman–Crippen LogP) is 4.66. The van der Waals surface area contributed by atoms with Crippen LogP contribution in [0.4, 0.5) is 11.5 Å². The maximum absolute atomic E-state index is 13.2. The number of nitrogens with one attached hydrogen (secondary N) is 1. The molecular weight excluding hydrogens is 478 g/mol. The molecule has 0 unspecified atom stereocenters. The van der Waals surface area contributed by atoms with E-state index in [1.165, 1.54) is 6.33 Å². The number of aliphatic hydroxyl groups is 1. The van der Waals surface area contributed by atoms with E-state index in [-0.39, 0.29) is 17.7 Å². The molecule has 1 aliphatic rings. The van der Waals surface area contributed by atoms with E-state index in [0.29, 0.717) is 22.6 Å². The number of carbonyl (C=O) groups is 1. The Bertz CT molecular complexity index is 1540. The highest BCUT2D eigenvalue weighted by molar-refractivity contribution is 6.06. The standard InChI is InChI=1S/C29H31N7O2/c1-18(2)27-19(14-30)6-5-7-23(27)28(37)34-22-9-8-20-15-33-36(24(20)12-22)26-13-25(31-17-32-26)35-11-10-21(16-35)29(3,4)38/h5-9,12-13,15,17-18,21,38H,10-11,16H2,1-4H3,(H,34,37)/t21-/m1/s1. The van der Waals surface area contributed by atoms with Crippen molar-refractivity contribution in [3.05, 3.63) is 71.7 Å². The molecule has 1 fully saturated rings. The van der Waals surface area contributed by atoms with Gasteiger partial charge in [-0.25, -0.2) is 14.6 Å². The van der Waals surface area contributed by atoms with Crippen molar-refractivity contribution in [1.82, 2.24) is 19.7 Å². The number of aromatic nitrogens is 4. The summed E-state index contributed by atoms with van der Waals surface area (Å²) in [6, 6.07) is 14.9. The molecule has 2 N–H and O–H groups in total. The SMILES string of the molecule is CC(C)c1c(C#N)cccc1C(=O)Nc1ccc2cnn(-c3cc(N4CC[C@@H](C(C)(C)O)C4)ncn3)c2c1. The normalized spacial score (nSPS) is 15.7. The molecule has 4 aromatic rings. The first-order valence-corrected chi connectivity index (χ1v) is 12.8. The van der Waals surface area contributed by atoms with Crippen molar-refractivity contribution in [3.63, 3.8) is 0 Å². The zero-order chi connectivity index (χ0) is 27.0. The maximum atomic E-state index is 13.2. The van der Waals surface area contributed by atoms with Crippen LogP contribution in [0.25, 0.3) is 16.7 Å². The minimum Gasteiger partial charge on any atom is -0.390 e. The smallest absolute Gasteiger partial charge is 0.255 e. The summed E-state index contributed by atoms with van der Waals surface area (Å²) in [4.78, 5) is 24.3. The predicted molar refractivity (Wildman–Crippen MR) is 146 cm³/mol. The molecule has 1 atom stereocenters. The van der Waals surface area contributed by atoms with Gasteiger partial charge in [0.1, 0.15) is 12.1 Å². The van der Waals surface area contributed by atoms with Crippen LogP contribution in [-0.2, 0) is 0 Å². The second-order valence-corrected chi connectivity index (χ2v) is 10.6.